The Balaban J connectivity index is 1.71. The zero-order valence-corrected chi connectivity index (χ0v) is 11.8. The largest absolute Gasteiger partial charge is 0.497 e. The van der Waals surface area contributed by atoms with Crippen molar-refractivity contribution in [1.29, 1.82) is 0 Å². The minimum absolute atomic E-state index is 0.164. The van der Waals surface area contributed by atoms with E-state index in [-0.39, 0.29) is 18.5 Å². The van der Waals surface area contributed by atoms with Gasteiger partial charge in [0.05, 0.1) is 13.2 Å². The van der Waals surface area contributed by atoms with Gasteiger partial charge in [0.2, 0.25) is 0 Å². The molecule has 0 bridgehead atoms. The third kappa shape index (κ3) is 2.85. The van der Waals surface area contributed by atoms with E-state index >= 15 is 0 Å². The summed E-state index contributed by atoms with van der Waals surface area (Å²) < 4.78 is 24.4. The van der Waals surface area contributed by atoms with Crippen molar-refractivity contribution in [3.8, 4) is 11.5 Å². The van der Waals surface area contributed by atoms with Gasteiger partial charge >= 0.3 is 0 Å². The number of aliphatic hydroxyl groups excluding tert-OH is 1. The lowest BCUT2D eigenvalue weighted by molar-refractivity contribution is 0.180. The van der Waals surface area contributed by atoms with Crippen LogP contribution in [-0.2, 0) is 13.0 Å². The van der Waals surface area contributed by atoms with Gasteiger partial charge in [-0.25, -0.2) is 4.39 Å². The van der Waals surface area contributed by atoms with E-state index in [1.54, 1.807) is 12.1 Å². The minimum Gasteiger partial charge on any atom is -0.497 e. The van der Waals surface area contributed by atoms with Crippen molar-refractivity contribution in [2.75, 3.05) is 7.11 Å². The van der Waals surface area contributed by atoms with Crippen molar-refractivity contribution < 1.29 is 19.0 Å². The second-order valence-electron chi connectivity index (χ2n) is 5.16. The van der Waals surface area contributed by atoms with Crippen molar-refractivity contribution in [1.82, 2.24) is 0 Å². The summed E-state index contributed by atoms with van der Waals surface area (Å²) in [7, 11) is 1.50. The van der Waals surface area contributed by atoms with Gasteiger partial charge in [-0.05, 0) is 48.2 Å². The van der Waals surface area contributed by atoms with Crippen LogP contribution < -0.4 is 9.47 Å². The third-order valence-corrected chi connectivity index (χ3v) is 3.82. The van der Waals surface area contributed by atoms with Crippen LogP contribution in [-0.4, -0.2) is 12.2 Å². The van der Waals surface area contributed by atoms with Crippen molar-refractivity contribution in [3.63, 3.8) is 0 Å². The van der Waals surface area contributed by atoms with E-state index in [1.807, 2.05) is 18.2 Å². The molecule has 4 heteroatoms. The Labute approximate surface area is 122 Å². The SMILES string of the molecule is COc1ccc(COc2ccc3c(c2)CCC3O)c(F)c1. The van der Waals surface area contributed by atoms with Crippen LogP contribution in [0.5, 0.6) is 11.5 Å². The zero-order chi connectivity index (χ0) is 14.8. The average Bonchev–Trinajstić information content (AvgIpc) is 2.87. The fourth-order valence-electron chi connectivity index (χ4n) is 2.59. The summed E-state index contributed by atoms with van der Waals surface area (Å²) in [6.45, 7) is 0.164. The number of ether oxygens (including phenoxy) is 2. The lowest BCUT2D eigenvalue weighted by Crippen LogP contribution is -2.00. The van der Waals surface area contributed by atoms with Gasteiger partial charge in [0.25, 0.3) is 0 Å². The highest BCUT2D eigenvalue weighted by atomic mass is 19.1. The number of rotatable bonds is 4. The maximum Gasteiger partial charge on any atom is 0.133 e. The highest BCUT2D eigenvalue weighted by Gasteiger charge is 2.20. The number of aliphatic hydroxyl groups is 1. The predicted octanol–water partition coefficient (Wildman–Crippen LogP) is 3.39. The van der Waals surface area contributed by atoms with Crippen LogP contribution in [0.1, 0.15) is 29.2 Å². The highest BCUT2D eigenvalue weighted by Crippen LogP contribution is 2.33. The molecule has 0 saturated heterocycles. The van der Waals surface area contributed by atoms with Gasteiger partial charge in [0.1, 0.15) is 23.9 Å². The molecule has 2 aromatic carbocycles. The van der Waals surface area contributed by atoms with Crippen molar-refractivity contribution in [3.05, 3.63) is 58.9 Å². The number of hydrogen-bond acceptors (Lipinski definition) is 3. The molecule has 1 atom stereocenters. The summed E-state index contributed by atoms with van der Waals surface area (Å²) in [4.78, 5) is 0. The highest BCUT2D eigenvalue weighted by molar-refractivity contribution is 5.40. The first kappa shape index (κ1) is 13.9. The van der Waals surface area contributed by atoms with Crippen LogP contribution in [0.4, 0.5) is 4.39 Å². The molecule has 21 heavy (non-hydrogen) atoms. The van der Waals surface area contributed by atoms with E-state index < -0.39 is 0 Å². The molecule has 0 aliphatic heterocycles. The molecule has 0 radical (unpaired) electrons. The molecule has 2 aromatic rings. The van der Waals surface area contributed by atoms with Gasteiger partial charge < -0.3 is 14.6 Å². The van der Waals surface area contributed by atoms with Crippen molar-refractivity contribution >= 4 is 0 Å². The molecule has 0 aromatic heterocycles. The smallest absolute Gasteiger partial charge is 0.133 e. The standard InChI is InChI=1S/C17H17FO3/c1-20-13-4-2-12(16(18)9-13)10-21-14-5-6-15-11(8-14)3-7-17(15)19/h2,4-6,8-9,17,19H,3,7,10H2,1H3. The fraction of sp³-hybridized carbons (Fsp3) is 0.294. The summed E-state index contributed by atoms with van der Waals surface area (Å²) in [6.07, 6.45) is 1.24. The Morgan fingerprint density at radius 2 is 2.00 bits per heavy atom. The number of hydrogen-bond donors (Lipinski definition) is 1. The van der Waals surface area contributed by atoms with E-state index in [2.05, 4.69) is 0 Å². The lowest BCUT2D eigenvalue weighted by atomic mass is 10.1. The second kappa shape index (κ2) is 5.74. The molecule has 3 nitrogen and oxygen atoms in total. The Hall–Kier alpha value is -2.07. The molecule has 0 fully saturated rings. The van der Waals surface area contributed by atoms with Crippen LogP contribution >= 0.6 is 0 Å². The minimum atomic E-state index is -0.368. The summed E-state index contributed by atoms with van der Waals surface area (Å²) in [5.74, 6) is 0.840. The van der Waals surface area contributed by atoms with Gasteiger partial charge in [0, 0.05) is 11.6 Å². The summed E-state index contributed by atoms with van der Waals surface area (Å²) in [5.41, 5.74) is 2.56. The molecule has 1 aliphatic carbocycles. The number of fused-ring (bicyclic) bond motifs is 1. The van der Waals surface area contributed by atoms with E-state index in [0.717, 1.165) is 24.0 Å². The first-order valence-electron chi connectivity index (χ1n) is 6.93. The van der Waals surface area contributed by atoms with Crippen LogP contribution in [0.25, 0.3) is 0 Å². The zero-order valence-electron chi connectivity index (χ0n) is 11.8. The third-order valence-electron chi connectivity index (χ3n) is 3.82. The predicted molar refractivity (Wildman–Crippen MR) is 77.0 cm³/mol. The number of halogens is 1. The Kier molecular flexibility index (Phi) is 3.80. The van der Waals surface area contributed by atoms with E-state index in [0.29, 0.717) is 17.1 Å². The number of methoxy groups -OCH3 is 1. The van der Waals surface area contributed by atoms with E-state index in [9.17, 15) is 9.50 Å². The van der Waals surface area contributed by atoms with Gasteiger partial charge in [0.15, 0.2) is 0 Å². The molecule has 3 rings (SSSR count). The summed E-state index contributed by atoms with van der Waals surface area (Å²) in [5, 5.41) is 9.76. The van der Waals surface area contributed by atoms with Crippen molar-refractivity contribution in [2.45, 2.75) is 25.6 Å². The molecule has 0 saturated carbocycles. The van der Waals surface area contributed by atoms with Gasteiger partial charge in [-0.2, -0.15) is 0 Å². The average molecular weight is 288 g/mol. The Bertz CT molecular complexity index is 654. The van der Waals surface area contributed by atoms with Crippen LogP contribution in [0.3, 0.4) is 0 Å². The lowest BCUT2D eigenvalue weighted by Gasteiger charge is -2.10. The quantitative estimate of drug-likeness (QED) is 0.937. The maximum atomic E-state index is 13.8. The van der Waals surface area contributed by atoms with E-state index in [4.69, 9.17) is 9.47 Å². The van der Waals surface area contributed by atoms with E-state index in [1.165, 1.54) is 13.2 Å². The molecule has 110 valence electrons. The molecule has 0 heterocycles. The monoisotopic (exact) mass is 288 g/mol. The Morgan fingerprint density at radius 1 is 1.19 bits per heavy atom. The number of benzene rings is 2. The number of aryl methyl sites for hydroxylation is 1. The van der Waals surface area contributed by atoms with Gasteiger partial charge in [-0.3, -0.25) is 0 Å². The molecule has 1 unspecified atom stereocenters. The first-order chi connectivity index (χ1) is 10.2. The maximum absolute atomic E-state index is 13.8. The van der Waals surface area contributed by atoms with Crippen molar-refractivity contribution in [2.24, 2.45) is 0 Å². The topological polar surface area (TPSA) is 38.7 Å². The molecule has 0 spiro atoms. The summed E-state index contributed by atoms with van der Waals surface area (Å²) >= 11 is 0. The summed E-state index contributed by atoms with van der Waals surface area (Å²) in [6, 6.07) is 10.3. The van der Waals surface area contributed by atoms with Crippen LogP contribution in [0, 0.1) is 5.82 Å². The molecule has 1 aliphatic rings. The fourth-order valence-corrected chi connectivity index (χ4v) is 2.59. The normalized spacial score (nSPS) is 16.6. The molecular weight excluding hydrogens is 271 g/mol. The molecule has 0 amide bonds. The van der Waals surface area contributed by atoms with Gasteiger partial charge in [-0.1, -0.05) is 6.07 Å². The molecule has 1 N–H and O–H groups in total. The first-order valence-corrected chi connectivity index (χ1v) is 6.93. The Morgan fingerprint density at radius 3 is 2.76 bits per heavy atom. The molecular formula is C17H17FO3. The van der Waals surface area contributed by atoms with Gasteiger partial charge in [-0.15, -0.1) is 0 Å². The van der Waals surface area contributed by atoms with Crippen LogP contribution in [0.2, 0.25) is 0 Å². The second-order valence-corrected chi connectivity index (χ2v) is 5.16. The van der Waals surface area contributed by atoms with Crippen LogP contribution in [0.15, 0.2) is 36.4 Å².